The number of anilines is 1. The number of carbonyl (C=O) groups is 1. The minimum absolute atomic E-state index is 0.0261. The molecule has 1 saturated heterocycles. The van der Waals surface area contributed by atoms with Crippen molar-refractivity contribution in [2.45, 2.75) is 29.5 Å². The number of likely N-dealkylation sites (N-methyl/N-ethyl adjacent to an activating group) is 1. The van der Waals surface area contributed by atoms with E-state index < -0.39 is 20.5 Å². The lowest BCUT2D eigenvalue weighted by Gasteiger charge is -2.28. The minimum atomic E-state index is -4.59. The molecule has 1 aromatic rings. The molecule has 0 radical (unpaired) electrons. The average molecular weight is 332 g/mol. The van der Waals surface area contributed by atoms with Crippen LogP contribution in [-0.4, -0.2) is 51.7 Å². The van der Waals surface area contributed by atoms with Crippen LogP contribution in [0.2, 0.25) is 0 Å². The summed E-state index contributed by atoms with van der Waals surface area (Å²) in [6.45, 7) is 0.672. The van der Waals surface area contributed by atoms with Crippen LogP contribution in [0.3, 0.4) is 0 Å². The van der Waals surface area contributed by atoms with Crippen molar-refractivity contribution in [3.63, 3.8) is 0 Å². The highest BCUT2D eigenvalue weighted by Crippen LogP contribution is 2.28. The number of rotatable bonds is 4. The molecule has 1 atom stereocenters. The molecule has 1 fully saturated rings. The number of carbonyl (C=O) groups excluding carboxylic acids is 1. The molecule has 1 aromatic carbocycles. The molecule has 0 bridgehead atoms. The Hall–Kier alpha value is -1.70. The topological polar surface area (TPSA) is 57.7 Å². The maximum atomic E-state index is 12.5. The molecule has 1 amide bonds. The fourth-order valence-corrected chi connectivity index (χ4v) is 3.28. The first-order valence-electron chi connectivity index (χ1n) is 6.85. The Balaban J connectivity index is 2.25. The Kier molecular flexibility index (Phi) is 4.69. The molecular weight excluding hydrogens is 314 g/mol. The summed E-state index contributed by atoms with van der Waals surface area (Å²) < 4.78 is 47.8. The summed E-state index contributed by atoms with van der Waals surface area (Å²) >= 11 is 0. The lowest BCUT2D eigenvalue weighted by Crippen LogP contribution is -2.42. The number of nitrogens with zero attached hydrogens (tertiary/aromatic N) is 2. The van der Waals surface area contributed by atoms with Gasteiger partial charge in [0.2, 0.25) is 15.7 Å². The molecule has 8 heteroatoms. The molecule has 0 N–H and O–H groups in total. The zero-order valence-electron chi connectivity index (χ0n) is 12.4. The summed E-state index contributed by atoms with van der Waals surface area (Å²) in [7, 11) is -1.23. The van der Waals surface area contributed by atoms with E-state index in [-0.39, 0.29) is 11.9 Å². The standard InChI is InChI=1S/C14H18F2N2O3S/c1-17(2)13(19)12-4-3-9-18(12)10-5-7-11(8-6-10)22(20,21)14(15)16/h5-8,12,14H,3-4,9H2,1-2H3. The smallest absolute Gasteiger partial charge is 0.341 e. The molecule has 5 nitrogen and oxygen atoms in total. The fourth-order valence-electron chi connectivity index (χ4n) is 2.56. The Morgan fingerprint density at radius 2 is 1.86 bits per heavy atom. The second-order valence-corrected chi connectivity index (χ2v) is 7.30. The molecule has 0 aromatic heterocycles. The van der Waals surface area contributed by atoms with Gasteiger partial charge in [-0.3, -0.25) is 4.79 Å². The van der Waals surface area contributed by atoms with Gasteiger partial charge in [0.1, 0.15) is 6.04 Å². The van der Waals surface area contributed by atoms with Gasteiger partial charge in [0.05, 0.1) is 4.90 Å². The molecule has 122 valence electrons. The van der Waals surface area contributed by atoms with E-state index in [4.69, 9.17) is 0 Å². The van der Waals surface area contributed by atoms with Crippen molar-refractivity contribution in [2.75, 3.05) is 25.5 Å². The quantitative estimate of drug-likeness (QED) is 0.843. The van der Waals surface area contributed by atoms with Crippen molar-refractivity contribution in [3.05, 3.63) is 24.3 Å². The first kappa shape index (κ1) is 16.7. The molecule has 1 unspecified atom stereocenters. The van der Waals surface area contributed by atoms with E-state index in [0.717, 1.165) is 18.6 Å². The van der Waals surface area contributed by atoms with Crippen LogP contribution in [-0.2, 0) is 14.6 Å². The van der Waals surface area contributed by atoms with Crippen LogP contribution in [0.15, 0.2) is 29.2 Å². The molecule has 1 heterocycles. The predicted octanol–water partition coefficient (Wildman–Crippen LogP) is 1.74. The normalized spacial score (nSPS) is 18.8. The number of sulfone groups is 1. The maximum absolute atomic E-state index is 12.5. The summed E-state index contributed by atoms with van der Waals surface area (Å²) in [5, 5.41) is 0. The lowest BCUT2D eigenvalue weighted by atomic mass is 10.2. The lowest BCUT2D eigenvalue weighted by molar-refractivity contribution is -0.129. The Morgan fingerprint density at radius 3 is 2.36 bits per heavy atom. The first-order valence-corrected chi connectivity index (χ1v) is 8.39. The molecular formula is C14H18F2N2O3S. The monoisotopic (exact) mass is 332 g/mol. The van der Waals surface area contributed by atoms with Gasteiger partial charge in [-0.15, -0.1) is 0 Å². The van der Waals surface area contributed by atoms with Crippen molar-refractivity contribution in [1.29, 1.82) is 0 Å². The van der Waals surface area contributed by atoms with Gasteiger partial charge in [-0.1, -0.05) is 0 Å². The van der Waals surface area contributed by atoms with Gasteiger partial charge in [-0.25, -0.2) is 8.42 Å². The van der Waals surface area contributed by atoms with Crippen molar-refractivity contribution < 1.29 is 22.0 Å². The van der Waals surface area contributed by atoms with Crippen LogP contribution < -0.4 is 4.90 Å². The van der Waals surface area contributed by atoms with Crippen LogP contribution in [0, 0.1) is 0 Å². The number of alkyl halides is 2. The van der Waals surface area contributed by atoms with Crippen LogP contribution in [0.4, 0.5) is 14.5 Å². The van der Waals surface area contributed by atoms with Gasteiger partial charge in [-0.2, -0.15) is 8.78 Å². The molecule has 2 rings (SSSR count). The third kappa shape index (κ3) is 3.06. The Morgan fingerprint density at radius 1 is 1.27 bits per heavy atom. The van der Waals surface area contributed by atoms with Crippen molar-refractivity contribution >= 4 is 21.4 Å². The first-order chi connectivity index (χ1) is 10.2. The van der Waals surface area contributed by atoms with E-state index in [2.05, 4.69) is 0 Å². The van der Waals surface area contributed by atoms with Gasteiger partial charge in [0, 0.05) is 26.3 Å². The van der Waals surface area contributed by atoms with Gasteiger partial charge in [-0.05, 0) is 37.1 Å². The second kappa shape index (κ2) is 6.20. The summed E-state index contributed by atoms with van der Waals surface area (Å²) in [5.74, 6) is -3.46. The maximum Gasteiger partial charge on any atom is 0.341 e. The van der Waals surface area contributed by atoms with Crippen LogP contribution in [0.1, 0.15) is 12.8 Å². The summed E-state index contributed by atoms with van der Waals surface area (Å²) in [5.41, 5.74) is 0.658. The molecule has 0 saturated carbocycles. The number of benzene rings is 1. The Bertz CT molecular complexity index is 645. The molecule has 0 spiro atoms. The predicted molar refractivity (Wildman–Crippen MR) is 78.7 cm³/mol. The SMILES string of the molecule is CN(C)C(=O)C1CCCN1c1ccc(S(=O)(=O)C(F)F)cc1. The fraction of sp³-hybridized carbons (Fsp3) is 0.500. The summed E-state index contributed by atoms with van der Waals surface area (Å²) in [6.07, 6.45) is 1.56. The summed E-state index contributed by atoms with van der Waals surface area (Å²) in [4.78, 5) is 15.1. The van der Waals surface area contributed by atoms with Crippen LogP contribution in [0.5, 0.6) is 0 Å². The minimum Gasteiger partial charge on any atom is -0.360 e. The highest BCUT2D eigenvalue weighted by atomic mass is 32.2. The van der Waals surface area contributed by atoms with Crippen LogP contribution in [0.25, 0.3) is 0 Å². The van der Waals surface area contributed by atoms with Gasteiger partial charge in [0.25, 0.3) is 0 Å². The zero-order chi connectivity index (χ0) is 16.5. The molecule has 1 aliphatic rings. The largest absolute Gasteiger partial charge is 0.360 e. The van der Waals surface area contributed by atoms with E-state index in [9.17, 15) is 22.0 Å². The second-order valence-electron chi connectivity index (χ2n) is 5.38. The van der Waals surface area contributed by atoms with Crippen molar-refractivity contribution in [1.82, 2.24) is 4.90 Å². The zero-order valence-corrected chi connectivity index (χ0v) is 13.2. The van der Waals surface area contributed by atoms with Crippen molar-refractivity contribution in [2.24, 2.45) is 0 Å². The molecule has 1 aliphatic heterocycles. The highest BCUT2D eigenvalue weighted by molar-refractivity contribution is 7.91. The summed E-state index contributed by atoms with van der Waals surface area (Å²) in [6, 6.07) is 4.96. The highest BCUT2D eigenvalue weighted by Gasteiger charge is 2.32. The average Bonchev–Trinajstić information content (AvgIpc) is 2.95. The van der Waals surface area contributed by atoms with E-state index in [0.29, 0.717) is 18.7 Å². The van der Waals surface area contributed by atoms with Crippen LogP contribution >= 0.6 is 0 Å². The van der Waals surface area contributed by atoms with E-state index >= 15 is 0 Å². The number of hydrogen-bond acceptors (Lipinski definition) is 4. The van der Waals surface area contributed by atoms with E-state index in [1.165, 1.54) is 17.0 Å². The number of amides is 1. The molecule has 22 heavy (non-hydrogen) atoms. The van der Waals surface area contributed by atoms with E-state index in [1.54, 1.807) is 14.1 Å². The van der Waals surface area contributed by atoms with Gasteiger partial charge in [0.15, 0.2) is 0 Å². The van der Waals surface area contributed by atoms with Gasteiger partial charge >= 0.3 is 5.76 Å². The van der Waals surface area contributed by atoms with E-state index in [1.807, 2.05) is 4.90 Å². The number of hydrogen-bond donors (Lipinski definition) is 0. The van der Waals surface area contributed by atoms with Gasteiger partial charge < -0.3 is 9.80 Å². The number of halogens is 2. The third-order valence-electron chi connectivity index (χ3n) is 3.71. The third-order valence-corrected chi connectivity index (χ3v) is 5.11. The van der Waals surface area contributed by atoms with Crippen molar-refractivity contribution in [3.8, 4) is 0 Å². The Labute approximate surface area is 128 Å². The molecule has 0 aliphatic carbocycles.